The van der Waals surface area contributed by atoms with Crippen LogP contribution in [0, 0.1) is 6.92 Å². The minimum Gasteiger partial charge on any atom is -0.489 e. The van der Waals surface area contributed by atoms with Crippen LogP contribution in [0.4, 0.5) is 0 Å². The van der Waals surface area contributed by atoms with Crippen LogP contribution in [0.5, 0.6) is 5.75 Å². The first-order valence-corrected chi connectivity index (χ1v) is 7.47. The standard InChI is InChI=1S/C16H27N3O2/c1-4-20-11-7-10-18-16(17)19-12-14(3)21-15-9-6-5-8-13(15)2/h5-6,8-9,14H,4,7,10-12H2,1-3H3,(H3,17,18,19). The SMILES string of the molecule is CCOCCCNC(N)=NCC(C)Oc1ccccc1C. The molecule has 0 radical (unpaired) electrons. The molecule has 0 aromatic heterocycles. The third-order valence-electron chi connectivity index (χ3n) is 2.92. The molecule has 0 aliphatic carbocycles. The second-order valence-corrected chi connectivity index (χ2v) is 4.90. The van der Waals surface area contributed by atoms with Gasteiger partial charge in [0.2, 0.25) is 0 Å². The Morgan fingerprint density at radius 3 is 2.86 bits per heavy atom. The molecule has 3 N–H and O–H groups in total. The van der Waals surface area contributed by atoms with Gasteiger partial charge < -0.3 is 20.5 Å². The number of hydrogen-bond donors (Lipinski definition) is 2. The molecule has 0 aliphatic rings. The number of nitrogens with zero attached hydrogens (tertiary/aromatic N) is 1. The van der Waals surface area contributed by atoms with E-state index in [9.17, 15) is 0 Å². The van der Waals surface area contributed by atoms with Gasteiger partial charge in [0.05, 0.1) is 6.54 Å². The van der Waals surface area contributed by atoms with Crippen molar-refractivity contribution < 1.29 is 9.47 Å². The van der Waals surface area contributed by atoms with Crippen molar-refractivity contribution in [1.29, 1.82) is 0 Å². The summed E-state index contributed by atoms with van der Waals surface area (Å²) in [7, 11) is 0. The number of ether oxygens (including phenoxy) is 2. The van der Waals surface area contributed by atoms with Crippen LogP contribution in [0.3, 0.4) is 0 Å². The van der Waals surface area contributed by atoms with Crippen molar-refractivity contribution in [1.82, 2.24) is 5.32 Å². The molecule has 0 aliphatic heterocycles. The third kappa shape index (κ3) is 7.56. The summed E-state index contributed by atoms with van der Waals surface area (Å²) in [5, 5.41) is 3.06. The molecule has 21 heavy (non-hydrogen) atoms. The minimum atomic E-state index is -0.0186. The average Bonchev–Trinajstić information content (AvgIpc) is 2.47. The zero-order chi connectivity index (χ0) is 15.5. The Kier molecular flexibility index (Phi) is 8.28. The molecular weight excluding hydrogens is 266 g/mol. The molecule has 1 rings (SSSR count). The summed E-state index contributed by atoms with van der Waals surface area (Å²) in [5.74, 6) is 1.34. The number of nitrogens with one attached hydrogen (secondary N) is 1. The Morgan fingerprint density at radius 2 is 2.14 bits per heavy atom. The van der Waals surface area contributed by atoms with Gasteiger partial charge in [-0.25, -0.2) is 4.99 Å². The van der Waals surface area contributed by atoms with Gasteiger partial charge in [0, 0.05) is 19.8 Å². The number of nitrogens with two attached hydrogens (primary N) is 1. The second kappa shape index (κ2) is 10.0. The fourth-order valence-electron chi connectivity index (χ4n) is 1.76. The van der Waals surface area contributed by atoms with Gasteiger partial charge in [-0.1, -0.05) is 18.2 Å². The van der Waals surface area contributed by atoms with Crippen molar-refractivity contribution >= 4 is 5.96 Å². The number of hydrogen-bond acceptors (Lipinski definition) is 3. The molecule has 0 saturated carbocycles. The first kappa shape index (κ1) is 17.3. The summed E-state index contributed by atoms with van der Waals surface area (Å²) in [6, 6.07) is 7.95. The molecule has 0 amide bonds. The predicted octanol–water partition coefficient (Wildman–Crippen LogP) is 2.09. The second-order valence-electron chi connectivity index (χ2n) is 4.90. The monoisotopic (exact) mass is 293 g/mol. The van der Waals surface area contributed by atoms with Crippen molar-refractivity contribution in [2.75, 3.05) is 26.3 Å². The van der Waals surface area contributed by atoms with Gasteiger partial charge in [-0.05, 0) is 38.8 Å². The quantitative estimate of drug-likeness (QED) is 0.415. The number of guanidine groups is 1. The number of aryl methyl sites for hydroxylation is 1. The van der Waals surface area contributed by atoms with Crippen LogP contribution >= 0.6 is 0 Å². The van der Waals surface area contributed by atoms with Gasteiger partial charge in [-0.15, -0.1) is 0 Å². The van der Waals surface area contributed by atoms with E-state index in [1.165, 1.54) is 0 Å². The Bertz CT molecular complexity index is 435. The van der Waals surface area contributed by atoms with Gasteiger partial charge in [0.25, 0.3) is 0 Å². The summed E-state index contributed by atoms with van der Waals surface area (Å²) in [6.07, 6.45) is 0.897. The van der Waals surface area contributed by atoms with Crippen molar-refractivity contribution in [3.8, 4) is 5.75 Å². The molecule has 0 bridgehead atoms. The van der Waals surface area contributed by atoms with Crippen LogP contribution in [0.1, 0.15) is 25.8 Å². The van der Waals surface area contributed by atoms with Crippen molar-refractivity contribution in [2.24, 2.45) is 10.7 Å². The topological polar surface area (TPSA) is 68.9 Å². The van der Waals surface area contributed by atoms with E-state index in [0.717, 1.165) is 37.5 Å². The van der Waals surface area contributed by atoms with E-state index in [-0.39, 0.29) is 6.10 Å². The maximum Gasteiger partial charge on any atom is 0.188 e. The van der Waals surface area contributed by atoms with Crippen LogP contribution in [0.15, 0.2) is 29.3 Å². The van der Waals surface area contributed by atoms with E-state index in [0.29, 0.717) is 12.5 Å². The maximum atomic E-state index is 5.84. The van der Waals surface area contributed by atoms with E-state index in [1.807, 2.05) is 45.0 Å². The largest absolute Gasteiger partial charge is 0.489 e. The molecule has 5 nitrogen and oxygen atoms in total. The van der Waals surface area contributed by atoms with E-state index < -0.39 is 0 Å². The van der Waals surface area contributed by atoms with Crippen LogP contribution in [0.25, 0.3) is 0 Å². The van der Waals surface area contributed by atoms with Crippen LogP contribution < -0.4 is 15.8 Å². The van der Waals surface area contributed by atoms with E-state index in [2.05, 4.69) is 10.3 Å². The molecule has 0 heterocycles. The van der Waals surface area contributed by atoms with Gasteiger partial charge in [0.15, 0.2) is 5.96 Å². The highest BCUT2D eigenvalue weighted by atomic mass is 16.5. The lowest BCUT2D eigenvalue weighted by Gasteiger charge is -2.15. The summed E-state index contributed by atoms with van der Waals surface area (Å²) < 4.78 is 11.1. The Balaban J connectivity index is 2.26. The molecule has 1 atom stereocenters. The average molecular weight is 293 g/mol. The lowest BCUT2D eigenvalue weighted by atomic mass is 10.2. The molecule has 0 fully saturated rings. The summed E-state index contributed by atoms with van der Waals surface area (Å²) in [5.41, 5.74) is 6.92. The summed E-state index contributed by atoms with van der Waals surface area (Å²) in [6.45, 7) is 8.78. The lowest BCUT2D eigenvalue weighted by molar-refractivity contribution is 0.145. The fraction of sp³-hybridized carbons (Fsp3) is 0.562. The minimum absolute atomic E-state index is 0.0186. The highest BCUT2D eigenvalue weighted by Gasteiger charge is 2.05. The predicted molar refractivity (Wildman–Crippen MR) is 86.9 cm³/mol. The number of para-hydroxylation sites is 1. The van der Waals surface area contributed by atoms with Crippen molar-refractivity contribution in [3.05, 3.63) is 29.8 Å². The van der Waals surface area contributed by atoms with Crippen LogP contribution in [-0.4, -0.2) is 38.4 Å². The highest BCUT2D eigenvalue weighted by Crippen LogP contribution is 2.17. The molecule has 1 unspecified atom stereocenters. The lowest BCUT2D eigenvalue weighted by Crippen LogP contribution is -2.34. The highest BCUT2D eigenvalue weighted by molar-refractivity contribution is 5.77. The van der Waals surface area contributed by atoms with E-state index in [4.69, 9.17) is 15.2 Å². The molecule has 0 saturated heterocycles. The molecule has 0 spiro atoms. The van der Waals surface area contributed by atoms with Gasteiger partial charge >= 0.3 is 0 Å². The van der Waals surface area contributed by atoms with Crippen molar-refractivity contribution in [3.63, 3.8) is 0 Å². The molecular formula is C16H27N3O2. The van der Waals surface area contributed by atoms with Crippen LogP contribution in [-0.2, 0) is 4.74 Å². The zero-order valence-electron chi connectivity index (χ0n) is 13.3. The molecule has 5 heteroatoms. The van der Waals surface area contributed by atoms with Gasteiger partial charge in [-0.3, -0.25) is 0 Å². The van der Waals surface area contributed by atoms with E-state index in [1.54, 1.807) is 0 Å². The first-order chi connectivity index (χ1) is 10.1. The zero-order valence-corrected chi connectivity index (χ0v) is 13.3. The van der Waals surface area contributed by atoms with Crippen LogP contribution in [0.2, 0.25) is 0 Å². The Hall–Kier alpha value is -1.75. The maximum absolute atomic E-state index is 5.84. The van der Waals surface area contributed by atoms with Crippen molar-refractivity contribution in [2.45, 2.75) is 33.3 Å². The number of aliphatic imine (C=N–C) groups is 1. The molecule has 1 aromatic carbocycles. The Morgan fingerprint density at radius 1 is 1.38 bits per heavy atom. The summed E-state index contributed by atoms with van der Waals surface area (Å²) in [4.78, 5) is 4.29. The van der Waals surface area contributed by atoms with Gasteiger partial charge in [0.1, 0.15) is 11.9 Å². The Labute approximate surface area is 127 Å². The van der Waals surface area contributed by atoms with E-state index >= 15 is 0 Å². The first-order valence-electron chi connectivity index (χ1n) is 7.47. The number of benzene rings is 1. The molecule has 1 aromatic rings. The smallest absolute Gasteiger partial charge is 0.188 e. The van der Waals surface area contributed by atoms with Gasteiger partial charge in [-0.2, -0.15) is 0 Å². The normalized spacial score (nSPS) is 13.0. The third-order valence-corrected chi connectivity index (χ3v) is 2.92. The molecule has 118 valence electrons. The summed E-state index contributed by atoms with van der Waals surface area (Å²) >= 11 is 0. The fourth-order valence-corrected chi connectivity index (χ4v) is 1.76. The number of rotatable bonds is 9.